The highest BCUT2D eigenvalue weighted by Gasteiger charge is 2.27. The normalized spacial score (nSPS) is 24.2. The largest absolute Gasteiger partial charge is 0.401 e. The first kappa shape index (κ1) is 16.8. The molecule has 0 aromatic heterocycles. The molecule has 1 saturated heterocycles. The van der Waals surface area contributed by atoms with Crippen LogP contribution in [-0.2, 0) is 0 Å². The smallest absolute Gasteiger partial charge is 0.307 e. The number of nitrogens with one attached hydrogen (secondary N) is 1. The SMILES string of the molecule is CCCC1CCCN(C(C)CNCC(F)(F)F)CC1. The van der Waals surface area contributed by atoms with E-state index in [9.17, 15) is 13.2 Å². The zero-order chi connectivity index (χ0) is 14.3. The minimum atomic E-state index is -4.11. The summed E-state index contributed by atoms with van der Waals surface area (Å²) in [5, 5.41) is 2.51. The predicted octanol–water partition coefficient (Wildman–Crippen LogP) is 3.43. The van der Waals surface area contributed by atoms with Crippen LogP contribution in [0.5, 0.6) is 0 Å². The van der Waals surface area contributed by atoms with Crippen LogP contribution in [0.4, 0.5) is 13.2 Å². The van der Waals surface area contributed by atoms with Crippen molar-refractivity contribution in [3.05, 3.63) is 0 Å². The Morgan fingerprint density at radius 3 is 2.63 bits per heavy atom. The zero-order valence-electron chi connectivity index (χ0n) is 12.1. The third-order valence-corrected chi connectivity index (χ3v) is 3.97. The summed E-state index contributed by atoms with van der Waals surface area (Å²) in [5.74, 6) is 0.810. The summed E-state index contributed by atoms with van der Waals surface area (Å²) in [6, 6.07) is 0.183. The summed E-state index contributed by atoms with van der Waals surface area (Å²) < 4.78 is 36.2. The molecule has 19 heavy (non-hydrogen) atoms. The fourth-order valence-corrected chi connectivity index (χ4v) is 2.88. The molecule has 0 amide bonds. The molecule has 1 aliphatic rings. The van der Waals surface area contributed by atoms with Crippen LogP contribution in [0, 0.1) is 5.92 Å². The van der Waals surface area contributed by atoms with Gasteiger partial charge in [-0.1, -0.05) is 19.8 Å². The van der Waals surface area contributed by atoms with Crippen molar-refractivity contribution in [1.82, 2.24) is 10.2 Å². The fraction of sp³-hybridized carbons (Fsp3) is 1.00. The molecule has 0 radical (unpaired) electrons. The lowest BCUT2D eigenvalue weighted by molar-refractivity contribution is -0.125. The molecular weight excluding hydrogens is 253 g/mol. The van der Waals surface area contributed by atoms with Crippen molar-refractivity contribution in [3.8, 4) is 0 Å². The summed E-state index contributed by atoms with van der Waals surface area (Å²) in [7, 11) is 0. The van der Waals surface area contributed by atoms with Crippen LogP contribution in [0.2, 0.25) is 0 Å². The van der Waals surface area contributed by atoms with Gasteiger partial charge in [0.15, 0.2) is 0 Å². The number of nitrogens with zero attached hydrogens (tertiary/aromatic N) is 1. The topological polar surface area (TPSA) is 15.3 Å². The molecule has 0 bridgehead atoms. The van der Waals surface area contributed by atoms with E-state index in [1.807, 2.05) is 6.92 Å². The first-order valence-corrected chi connectivity index (χ1v) is 7.44. The minimum absolute atomic E-state index is 0.183. The second-order valence-electron chi connectivity index (χ2n) is 5.72. The number of hydrogen-bond acceptors (Lipinski definition) is 2. The van der Waals surface area contributed by atoms with Gasteiger partial charge in [-0.15, -0.1) is 0 Å². The summed E-state index contributed by atoms with van der Waals surface area (Å²) in [6.07, 6.45) is 2.05. The molecule has 0 aromatic rings. The lowest BCUT2D eigenvalue weighted by Crippen LogP contribution is -2.43. The van der Waals surface area contributed by atoms with E-state index in [-0.39, 0.29) is 6.04 Å². The summed E-state index contributed by atoms with van der Waals surface area (Å²) in [5.41, 5.74) is 0. The first-order chi connectivity index (χ1) is 8.92. The van der Waals surface area contributed by atoms with Gasteiger partial charge in [0.2, 0.25) is 0 Å². The summed E-state index contributed by atoms with van der Waals surface area (Å²) >= 11 is 0. The van der Waals surface area contributed by atoms with Crippen LogP contribution in [-0.4, -0.2) is 43.3 Å². The highest BCUT2D eigenvalue weighted by molar-refractivity contribution is 4.76. The average Bonchev–Trinajstić information content (AvgIpc) is 2.53. The minimum Gasteiger partial charge on any atom is -0.307 e. The Bertz CT molecular complexity index is 243. The standard InChI is InChI=1S/C14H27F3N2/c1-3-5-13-6-4-8-19(9-7-13)12(2)10-18-11-14(15,16)17/h12-13,18H,3-11H2,1-2H3. The maximum Gasteiger partial charge on any atom is 0.401 e. The van der Waals surface area contributed by atoms with E-state index >= 15 is 0 Å². The van der Waals surface area contributed by atoms with E-state index in [1.54, 1.807) is 0 Å². The van der Waals surface area contributed by atoms with Crippen molar-refractivity contribution in [2.24, 2.45) is 5.92 Å². The van der Waals surface area contributed by atoms with Gasteiger partial charge in [0.05, 0.1) is 6.54 Å². The lowest BCUT2D eigenvalue weighted by Gasteiger charge is -2.28. The zero-order valence-corrected chi connectivity index (χ0v) is 12.1. The van der Waals surface area contributed by atoms with Crippen molar-refractivity contribution in [3.63, 3.8) is 0 Å². The fourth-order valence-electron chi connectivity index (χ4n) is 2.88. The Morgan fingerprint density at radius 2 is 2.00 bits per heavy atom. The molecule has 1 rings (SSSR count). The van der Waals surface area contributed by atoms with Gasteiger partial charge in [-0.2, -0.15) is 13.2 Å². The molecular formula is C14H27F3N2. The van der Waals surface area contributed by atoms with Crippen LogP contribution in [0.3, 0.4) is 0 Å². The Balaban J connectivity index is 2.26. The highest BCUT2D eigenvalue weighted by atomic mass is 19.4. The van der Waals surface area contributed by atoms with Crippen molar-refractivity contribution >= 4 is 0 Å². The Labute approximate surface area is 114 Å². The maximum atomic E-state index is 12.1. The summed E-state index contributed by atoms with van der Waals surface area (Å²) in [4.78, 5) is 2.33. The Morgan fingerprint density at radius 1 is 1.26 bits per heavy atom. The van der Waals surface area contributed by atoms with Gasteiger partial charge >= 0.3 is 6.18 Å². The van der Waals surface area contributed by atoms with Gasteiger partial charge in [0, 0.05) is 12.6 Å². The van der Waals surface area contributed by atoms with E-state index < -0.39 is 12.7 Å². The molecule has 0 spiro atoms. The number of hydrogen-bond donors (Lipinski definition) is 1. The van der Waals surface area contributed by atoms with E-state index in [0.29, 0.717) is 6.54 Å². The van der Waals surface area contributed by atoms with Gasteiger partial charge in [-0.05, 0) is 45.2 Å². The monoisotopic (exact) mass is 280 g/mol. The predicted molar refractivity (Wildman–Crippen MR) is 72.2 cm³/mol. The van der Waals surface area contributed by atoms with Gasteiger partial charge < -0.3 is 5.32 Å². The second kappa shape index (κ2) is 8.10. The molecule has 0 aliphatic carbocycles. The maximum absolute atomic E-state index is 12.1. The van der Waals surface area contributed by atoms with Crippen LogP contribution < -0.4 is 5.32 Å². The number of halogens is 3. The van der Waals surface area contributed by atoms with Crippen molar-refractivity contribution < 1.29 is 13.2 Å². The van der Waals surface area contributed by atoms with Crippen molar-refractivity contribution in [1.29, 1.82) is 0 Å². The molecule has 0 aromatic carbocycles. The van der Waals surface area contributed by atoms with Crippen LogP contribution in [0.1, 0.15) is 46.0 Å². The van der Waals surface area contributed by atoms with Crippen LogP contribution in [0.25, 0.3) is 0 Å². The molecule has 1 aliphatic heterocycles. The first-order valence-electron chi connectivity index (χ1n) is 7.44. The van der Waals surface area contributed by atoms with Crippen LogP contribution >= 0.6 is 0 Å². The van der Waals surface area contributed by atoms with E-state index in [0.717, 1.165) is 19.0 Å². The molecule has 1 N–H and O–H groups in total. The second-order valence-corrected chi connectivity index (χ2v) is 5.72. The van der Waals surface area contributed by atoms with E-state index in [4.69, 9.17) is 0 Å². The average molecular weight is 280 g/mol. The quantitative estimate of drug-likeness (QED) is 0.802. The molecule has 1 heterocycles. The van der Waals surface area contributed by atoms with Gasteiger partial charge in [0.1, 0.15) is 0 Å². The molecule has 2 unspecified atom stereocenters. The Hall–Kier alpha value is -0.290. The number of likely N-dealkylation sites (tertiary alicyclic amines) is 1. The summed E-state index contributed by atoms with van der Waals surface area (Å²) in [6.45, 7) is 5.81. The molecule has 2 nitrogen and oxygen atoms in total. The van der Waals surface area contributed by atoms with Gasteiger partial charge in [-0.3, -0.25) is 4.90 Å². The lowest BCUT2D eigenvalue weighted by atomic mass is 9.96. The van der Waals surface area contributed by atoms with Crippen molar-refractivity contribution in [2.75, 3.05) is 26.2 Å². The number of alkyl halides is 3. The van der Waals surface area contributed by atoms with E-state index in [1.165, 1.54) is 32.1 Å². The molecule has 2 atom stereocenters. The highest BCUT2D eigenvalue weighted by Crippen LogP contribution is 2.22. The Kier molecular flexibility index (Phi) is 7.15. The molecule has 114 valence electrons. The molecule has 1 fully saturated rings. The third kappa shape index (κ3) is 7.16. The van der Waals surface area contributed by atoms with Crippen LogP contribution in [0.15, 0.2) is 0 Å². The van der Waals surface area contributed by atoms with Gasteiger partial charge in [-0.25, -0.2) is 0 Å². The van der Waals surface area contributed by atoms with Crippen molar-refractivity contribution in [2.45, 2.75) is 58.2 Å². The van der Waals surface area contributed by atoms with Gasteiger partial charge in [0.25, 0.3) is 0 Å². The molecule has 5 heteroatoms. The third-order valence-electron chi connectivity index (χ3n) is 3.97. The van der Waals surface area contributed by atoms with E-state index in [2.05, 4.69) is 17.1 Å². The number of rotatable bonds is 6. The molecule has 0 saturated carbocycles.